The summed E-state index contributed by atoms with van der Waals surface area (Å²) in [6, 6.07) is 14.4. The largest absolute Gasteiger partial charge is 0.492 e. The van der Waals surface area contributed by atoms with Gasteiger partial charge in [0.25, 0.3) is 10.1 Å². The molecule has 1 fully saturated rings. The number of ether oxygens (including phenoxy) is 2. The number of fused-ring (bicyclic) bond motifs is 1. The second-order valence-corrected chi connectivity index (χ2v) is 12.1. The van der Waals surface area contributed by atoms with Crippen LogP contribution in [0.4, 0.5) is 16.0 Å². The maximum atomic E-state index is 13.4. The zero-order valence-corrected chi connectivity index (χ0v) is 24.7. The van der Waals surface area contributed by atoms with Crippen LogP contribution in [0.25, 0.3) is 11.2 Å². The average Bonchev–Trinajstić information content (AvgIpc) is 3.27. The Kier molecular flexibility index (Phi) is 10.5. The van der Waals surface area contributed by atoms with Crippen LogP contribution in [-0.2, 0) is 14.9 Å². The Morgan fingerprint density at radius 3 is 2.41 bits per heavy atom. The molecule has 0 aliphatic carbocycles. The molecule has 0 amide bonds. The van der Waals surface area contributed by atoms with Crippen LogP contribution >= 0.6 is 11.8 Å². The lowest BCUT2D eigenvalue weighted by molar-refractivity contribution is 0.0683. The van der Waals surface area contributed by atoms with Crippen LogP contribution in [-0.4, -0.2) is 84.1 Å². The van der Waals surface area contributed by atoms with Gasteiger partial charge < -0.3 is 19.7 Å². The van der Waals surface area contributed by atoms with Gasteiger partial charge in [-0.2, -0.15) is 13.4 Å². The predicted molar refractivity (Wildman–Crippen MR) is 156 cm³/mol. The monoisotopic (exact) mass is 604 g/mol. The molecule has 0 unspecified atom stereocenters. The lowest BCUT2D eigenvalue weighted by atomic mass is 10.1. The Morgan fingerprint density at radius 1 is 1.12 bits per heavy atom. The number of anilines is 2. The van der Waals surface area contributed by atoms with E-state index >= 15 is 0 Å². The van der Waals surface area contributed by atoms with Gasteiger partial charge in [0.2, 0.25) is 5.95 Å². The van der Waals surface area contributed by atoms with Crippen molar-refractivity contribution < 1.29 is 26.8 Å². The van der Waals surface area contributed by atoms with Gasteiger partial charge in [-0.25, -0.2) is 14.4 Å². The normalized spacial score (nSPS) is 14.1. The van der Waals surface area contributed by atoms with E-state index in [2.05, 4.69) is 19.8 Å². The third-order valence-electron chi connectivity index (χ3n) is 5.90. The molecule has 3 heterocycles. The van der Waals surface area contributed by atoms with Crippen LogP contribution in [0.3, 0.4) is 0 Å². The van der Waals surface area contributed by atoms with E-state index in [1.54, 1.807) is 18.3 Å². The summed E-state index contributed by atoms with van der Waals surface area (Å²) in [6.07, 6.45) is 4.22. The maximum Gasteiger partial charge on any atom is 0.261 e. The summed E-state index contributed by atoms with van der Waals surface area (Å²) in [7, 11) is 0.372. The summed E-state index contributed by atoms with van der Waals surface area (Å²) in [4.78, 5) is 17.2. The molecular formula is C27H33FN6O5S2. The molecular weight excluding hydrogens is 571 g/mol. The van der Waals surface area contributed by atoms with Gasteiger partial charge in [-0.3, -0.25) is 9.12 Å². The molecule has 1 saturated heterocycles. The summed E-state index contributed by atoms with van der Waals surface area (Å²) >= 11 is 1.50. The lowest BCUT2D eigenvalue weighted by Gasteiger charge is -2.25. The highest BCUT2D eigenvalue weighted by Gasteiger charge is 2.24. The maximum absolute atomic E-state index is 13.4. The van der Waals surface area contributed by atoms with Gasteiger partial charge in [0.1, 0.15) is 23.7 Å². The van der Waals surface area contributed by atoms with E-state index in [4.69, 9.17) is 24.0 Å². The van der Waals surface area contributed by atoms with Crippen LogP contribution in [0.2, 0.25) is 0 Å². The Morgan fingerprint density at radius 2 is 1.78 bits per heavy atom. The highest BCUT2D eigenvalue weighted by Crippen LogP contribution is 2.35. The molecule has 41 heavy (non-hydrogen) atoms. The Bertz CT molecular complexity index is 1520. The number of hydrogen-bond donors (Lipinski definition) is 2. The second kappa shape index (κ2) is 14.0. The molecule has 0 saturated carbocycles. The topological polar surface area (TPSA) is 132 Å². The number of hydrogen-bond acceptors (Lipinski definition) is 10. The minimum absolute atomic E-state index is 0.216. The molecule has 2 N–H and O–H groups in total. The lowest BCUT2D eigenvalue weighted by Crippen LogP contribution is -2.20. The number of likely N-dealkylation sites (N-methyl/N-ethyl adjacent to an activating group) is 1. The molecule has 14 heteroatoms. The first kappa shape index (κ1) is 30.7. The van der Waals surface area contributed by atoms with Crippen molar-refractivity contribution in [2.75, 3.05) is 52.0 Å². The number of rotatable bonds is 9. The molecule has 0 atom stereocenters. The van der Waals surface area contributed by atoms with E-state index in [9.17, 15) is 12.8 Å². The van der Waals surface area contributed by atoms with Crippen molar-refractivity contribution in [2.24, 2.45) is 0 Å². The van der Waals surface area contributed by atoms with Gasteiger partial charge >= 0.3 is 0 Å². The first-order chi connectivity index (χ1) is 19.5. The van der Waals surface area contributed by atoms with E-state index < -0.39 is 10.1 Å². The summed E-state index contributed by atoms with van der Waals surface area (Å²) in [5, 5.41) is 4.11. The fourth-order valence-corrected chi connectivity index (χ4v) is 4.95. The second-order valence-electron chi connectivity index (χ2n) is 9.60. The smallest absolute Gasteiger partial charge is 0.261 e. The van der Waals surface area contributed by atoms with Crippen LogP contribution < -0.4 is 10.1 Å². The van der Waals surface area contributed by atoms with Crippen molar-refractivity contribution >= 4 is 44.7 Å². The van der Waals surface area contributed by atoms with E-state index in [1.165, 1.54) is 23.9 Å². The van der Waals surface area contributed by atoms with Gasteiger partial charge in [-0.05, 0) is 75.5 Å². The fraction of sp³-hybridized carbons (Fsp3) is 0.370. The zero-order chi connectivity index (χ0) is 29.4. The van der Waals surface area contributed by atoms with E-state index in [0.717, 1.165) is 52.0 Å². The van der Waals surface area contributed by atoms with Crippen molar-refractivity contribution in [1.29, 1.82) is 0 Å². The predicted octanol–water partition coefficient (Wildman–Crippen LogP) is 4.66. The molecule has 11 nitrogen and oxygen atoms in total. The van der Waals surface area contributed by atoms with Gasteiger partial charge in [0.05, 0.1) is 12.5 Å². The van der Waals surface area contributed by atoms with E-state index in [-0.39, 0.29) is 11.9 Å². The fourth-order valence-electron chi connectivity index (χ4n) is 3.99. The summed E-state index contributed by atoms with van der Waals surface area (Å²) in [6.45, 7) is 2.89. The first-order valence-electron chi connectivity index (χ1n) is 12.9. The minimum Gasteiger partial charge on any atom is -0.492 e. The summed E-state index contributed by atoms with van der Waals surface area (Å²) < 4.78 is 52.8. The van der Waals surface area contributed by atoms with Gasteiger partial charge in [-0.1, -0.05) is 11.8 Å². The number of imidazole rings is 1. The Balaban J connectivity index is 0.000000714. The summed E-state index contributed by atoms with van der Waals surface area (Å²) in [5.41, 5.74) is 2.36. The average molecular weight is 605 g/mol. The SMILES string of the molecule is CN(C)CCOc1ccc(Nc2ncc3nc(Sc4ccc(F)cc4)n(C4CCOCC4)c3n2)cc1.CS(=O)(=O)O. The Hall–Kier alpha value is -3.30. The van der Waals surface area contributed by atoms with E-state index in [1.807, 2.05) is 38.4 Å². The van der Waals surface area contributed by atoms with Crippen LogP contribution in [0.1, 0.15) is 18.9 Å². The molecule has 5 rings (SSSR count). The molecule has 0 bridgehead atoms. The van der Waals surface area contributed by atoms with Crippen molar-refractivity contribution in [3.05, 3.63) is 60.5 Å². The molecule has 2 aromatic carbocycles. The molecule has 4 aromatic rings. The number of aromatic nitrogens is 4. The number of halogens is 1. The first-order valence-corrected chi connectivity index (χ1v) is 15.5. The molecule has 0 spiro atoms. The van der Waals surface area contributed by atoms with Crippen LogP contribution in [0, 0.1) is 5.82 Å². The molecule has 1 aliphatic heterocycles. The van der Waals surface area contributed by atoms with Crippen molar-refractivity contribution in [3.63, 3.8) is 0 Å². The number of benzene rings is 2. The third kappa shape index (κ3) is 9.64. The number of nitrogens with one attached hydrogen (secondary N) is 1. The highest BCUT2D eigenvalue weighted by atomic mass is 32.2. The van der Waals surface area contributed by atoms with Gasteiger partial charge in [0.15, 0.2) is 10.8 Å². The summed E-state index contributed by atoms with van der Waals surface area (Å²) in [5.74, 6) is 1.06. The Labute approximate surface area is 242 Å². The van der Waals surface area contributed by atoms with Crippen molar-refractivity contribution in [3.8, 4) is 5.75 Å². The van der Waals surface area contributed by atoms with Crippen LogP contribution in [0.15, 0.2) is 64.8 Å². The molecule has 220 valence electrons. The third-order valence-corrected chi connectivity index (χ3v) is 6.88. The van der Waals surface area contributed by atoms with E-state index in [0.29, 0.717) is 32.0 Å². The zero-order valence-electron chi connectivity index (χ0n) is 23.0. The van der Waals surface area contributed by atoms with Gasteiger partial charge in [-0.15, -0.1) is 0 Å². The highest BCUT2D eigenvalue weighted by molar-refractivity contribution is 7.99. The number of nitrogens with zero attached hydrogens (tertiary/aromatic N) is 5. The van der Waals surface area contributed by atoms with Crippen molar-refractivity contribution in [2.45, 2.75) is 28.9 Å². The quantitative estimate of drug-likeness (QED) is 0.259. The van der Waals surface area contributed by atoms with Crippen molar-refractivity contribution in [1.82, 2.24) is 24.4 Å². The molecule has 2 aromatic heterocycles. The standard InChI is InChI=1S/C26H29FN6O2S.CH4O3S/c1-32(2)13-16-35-21-7-5-19(6-8-21)29-25-28-17-23-24(31-25)33(20-11-14-34-15-12-20)26(30-23)36-22-9-3-18(27)4-10-22;1-5(2,3)4/h3-10,17,20H,11-16H2,1-2H3,(H,28,29,31);1H3,(H,2,3,4). The minimum atomic E-state index is -3.67. The molecule has 1 aliphatic rings. The molecule has 0 radical (unpaired) electrons. The van der Waals surface area contributed by atoms with Crippen LogP contribution in [0.5, 0.6) is 5.75 Å². The van der Waals surface area contributed by atoms with Gasteiger partial charge in [0, 0.05) is 36.4 Å².